The number of morpholine rings is 1. The monoisotopic (exact) mass is 330 g/mol. The average molecular weight is 330 g/mol. The molecule has 1 atom stereocenters. The van der Waals surface area contributed by atoms with E-state index in [2.05, 4.69) is 19.9 Å². The van der Waals surface area contributed by atoms with Crippen molar-refractivity contribution < 1.29 is 9.13 Å². The van der Waals surface area contributed by atoms with E-state index in [9.17, 15) is 4.39 Å². The third-order valence-electron chi connectivity index (χ3n) is 3.87. The molecule has 1 aliphatic rings. The van der Waals surface area contributed by atoms with Crippen LogP contribution < -0.4 is 4.90 Å². The van der Waals surface area contributed by atoms with Gasteiger partial charge in [0.2, 0.25) is 0 Å². The fourth-order valence-electron chi connectivity index (χ4n) is 2.80. The largest absolute Gasteiger partial charge is 0.367 e. The molecule has 0 amide bonds. The third-order valence-corrected chi connectivity index (χ3v) is 4.93. The van der Waals surface area contributed by atoms with Crippen molar-refractivity contribution in [2.24, 2.45) is 0 Å². The number of hydrogen-bond acceptors (Lipinski definition) is 6. The Morgan fingerprint density at radius 1 is 1.35 bits per heavy atom. The van der Waals surface area contributed by atoms with E-state index in [0.717, 1.165) is 21.9 Å². The number of rotatable bonds is 2. The molecule has 0 bridgehead atoms. The van der Waals surface area contributed by atoms with Gasteiger partial charge in [-0.25, -0.2) is 19.3 Å². The molecule has 0 N–H and O–H groups in total. The zero-order chi connectivity index (χ0) is 15.8. The van der Waals surface area contributed by atoms with Gasteiger partial charge in [-0.2, -0.15) is 0 Å². The molecule has 4 rings (SSSR count). The molecule has 0 saturated carbocycles. The Bertz CT molecular complexity index is 853. The summed E-state index contributed by atoms with van der Waals surface area (Å²) in [5.41, 5.74) is 1.35. The lowest BCUT2D eigenvalue weighted by molar-refractivity contribution is 0.0394. The minimum atomic E-state index is -0.327. The van der Waals surface area contributed by atoms with E-state index < -0.39 is 0 Å². The SMILES string of the molecule is Cc1csc(C2CN(c3ncnc4c(F)cccc34)CCO2)n1. The number of aromatic nitrogens is 3. The number of hydrogen-bond donors (Lipinski definition) is 0. The Labute approximate surface area is 136 Å². The van der Waals surface area contributed by atoms with Gasteiger partial charge in [-0.1, -0.05) is 6.07 Å². The number of anilines is 1. The van der Waals surface area contributed by atoms with Crippen LogP contribution >= 0.6 is 11.3 Å². The summed E-state index contributed by atoms with van der Waals surface area (Å²) in [6.45, 7) is 3.92. The third kappa shape index (κ3) is 2.66. The van der Waals surface area contributed by atoms with Gasteiger partial charge in [0.25, 0.3) is 0 Å². The summed E-state index contributed by atoms with van der Waals surface area (Å²) < 4.78 is 19.8. The summed E-state index contributed by atoms with van der Waals surface area (Å²) in [5.74, 6) is 0.419. The second kappa shape index (κ2) is 5.82. The van der Waals surface area contributed by atoms with Crippen molar-refractivity contribution in [3.05, 3.63) is 46.4 Å². The molecular formula is C16H15FN4OS. The molecule has 1 aromatic carbocycles. The van der Waals surface area contributed by atoms with Gasteiger partial charge in [-0.15, -0.1) is 11.3 Å². The van der Waals surface area contributed by atoms with Crippen molar-refractivity contribution >= 4 is 28.1 Å². The van der Waals surface area contributed by atoms with E-state index >= 15 is 0 Å². The maximum Gasteiger partial charge on any atom is 0.149 e. The molecule has 1 fully saturated rings. The highest BCUT2D eigenvalue weighted by molar-refractivity contribution is 7.09. The van der Waals surface area contributed by atoms with Crippen LogP contribution in [0.5, 0.6) is 0 Å². The molecule has 5 nitrogen and oxygen atoms in total. The van der Waals surface area contributed by atoms with E-state index in [1.807, 2.05) is 18.4 Å². The molecule has 1 saturated heterocycles. The Hall–Kier alpha value is -2.12. The molecule has 0 radical (unpaired) electrons. The van der Waals surface area contributed by atoms with Crippen LogP contribution in [0.15, 0.2) is 29.9 Å². The van der Waals surface area contributed by atoms with Crippen LogP contribution in [-0.4, -0.2) is 34.6 Å². The van der Waals surface area contributed by atoms with Crippen molar-refractivity contribution in [3.8, 4) is 0 Å². The van der Waals surface area contributed by atoms with Crippen LogP contribution in [0.2, 0.25) is 0 Å². The highest BCUT2D eigenvalue weighted by atomic mass is 32.1. The molecule has 7 heteroatoms. The lowest BCUT2D eigenvalue weighted by atomic mass is 10.2. The Morgan fingerprint density at radius 3 is 3.09 bits per heavy atom. The van der Waals surface area contributed by atoms with Crippen LogP contribution in [0.4, 0.5) is 10.2 Å². The second-order valence-corrected chi connectivity index (χ2v) is 6.36. The van der Waals surface area contributed by atoms with Gasteiger partial charge < -0.3 is 9.64 Å². The highest BCUT2D eigenvalue weighted by Gasteiger charge is 2.26. The summed E-state index contributed by atoms with van der Waals surface area (Å²) in [4.78, 5) is 15.1. The smallest absolute Gasteiger partial charge is 0.149 e. The fourth-order valence-corrected chi connectivity index (χ4v) is 3.64. The predicted molar refractivity (Wildman–Crippen MR) is 87.3 cm³/mol. The van der Waals surface area contributed by atoms with E-state index in [-0.39, 0.29) is 11.9 Å². The van der Waals surface area contributed by atoms with Crippen molar-refractivity contribution in [3.63, 3.8) is 0 Å². The number of para-hydroxylation sites is 1. The minimum absolute atomic E-state index is 0.0824. The van der Waals surface area contributed by atoms with Gasteiger partial charge >= 0.3 is 0 Å². The van der Waals surface area contributed by atoms with Crippen LogP contribution in [0, 0.1) is 12.7 Å². The number of halogens is 1. The predicted octanol–water partition coefficient (Wildman–Crippen LogP) is 3.11. The van der Waals surface area contributed by atoms with Crippen molar-refractivity contribution in [2.45, 2.75) is 13.0 Å². The Kier molecular flexibility index (Phi) is 3.66. The van der Waals surface area contributed by atoms with Gasteiger partial charge in [0, 0.05) is 23.0 Å². The lowest BCUT2D eigenvalue weighted by Gasteiger charge is -2.33. The van der Waals surface area contributed by atoms with Crippen LogP contribution in [0.3, 0.4) is 0 Å². The Balaban J connectivity index is 1.69. The first kappa shape index (κ1) is 14.5. The normalized spacial score (nSPS) is 18.5. The number of nitrogens with zero attached hydrogens (tertiary/aromatic N) is 4. The first-order valence-corrected chi connectivity index (χ1v) is 8.28. The van der Waals surface area contributed by atoms with Crippen molar-refractivity contribution in [2.75, 3.05) is 24.6 Å². The molecule has 0 aliphatic carbocycles. The number of aryl methyl sites for hydroxylation is 1. The summed E-state index contributed by atoms with van der Waals surface area (Å²) in [6, 6.07) is 4.96. The van der Waals surface area contributed by atoms with Gasteiger partial charge in [0.15, 0.2) is 0 Å². The second-order valence-electron chi connectivity index (χ2n) is 5.47. The van der Waals surface area contributed by atoms with Gasteiger partial charge in [-0.05, 0) is 19.1 Å². The first-order valence-electron chi connectivity index (χ1n) is 7.40. The maximum atomic E-state index is 13.9. The van der Waals surface area contributed by atoms with E-state index in [4.69, 9.17) is 4.74 Å². The van der Waals surface area contributed by atoms with Crippen molar-refractivity contribution in [1.82, 2.24) is 15.0 Å². The van der Waals surface area contributed by atoms with Crippen LogP contribution in [0.25, 0.3) is 10.9 Å². The molecule has 0 spiro atoms. The quantitative estimate of drug-likeness (QED) is 0.723. The van der Waals surface area contributed by atoms with E-state index in [0.29, 0.717) is 25.2 Å². The van der Waals surface area contributed by atoms with Crippen molar-refractivity contribution in [1.29, 1.82) is 0 Å². The summed E-state index contributed by atoms with van der Waals surface area (Å²) in [5, 5.41) is 3.72. The van der Waals surface area contributed by atoms with Gasteiger partial charge in [-0.3, -0.25) is 0 Å². The number of benzene rings is 1. The van der Waals surface area contributed by atoms with Crippen LogP contribution in [-0.2, 0) is 4.74 Å². The number of fused-ring (bicyclic) bond motifs is 1. The maximum absolute atomic E-state index is 13.9. The topological polar surface area (TPSA) is 51.1 Å². The number of thiazole rings is 1. The molecule has 1 aliphatic heterocycles. The van der Waals surface area contributed by atoms with E-state index in [1.54, 1.807) is 17.4 Å². The summed E-state index contributed by atoms with van der Waals surface area (Å²) in [6.07, 6.45) is 1.33. The van der Waals surface area contributed by atoms with Gasteiger partial charge in [0.1, 0.15) is 34.6 Å². The zero-order valence-corrected chi connectivity index (χ0v) is 13.4. The summed E-state index contributed by atoms with van der Waals surface area (Å²) >= 11 is 1.60. The zero-order valence-electron chi connectivity index (χ0n) is 12.6. The molecule has 2 aromatic heterocycles. The molecule has 1 unspecified atom stereocenters. The van der Waals surface area contributed by atoms with E-state index in [1.165, 1.54) is 12.4 Å². The Morgan fingerprint density at radius 2 is 2.26 bits per heavy atom. The number of ether oxygens (including phenoxy) is 1. The molecule has 118 valence electrons. The summed E-state index contributed by atoms with van der Waals surface area (Å²) in [7, 11) is 0. The molecular weight excluding hydrogens is 315 g/mol. The van der Waals surface area contributed by atoms with Crippen LogP contribution in [0.1, 0.15) is 16.8 Å². The standard InChI is InChI=1S/C16H15FN4OS/c1-10-8-23-16(20-10)13-7-21(5-6-22-13)15-11-3-2-4-12(17)14(11)18-9-19-15/h2-4,8-9,13H,5-7H2,1H3. The average Bonchev–Trinajstić information content (AvgIpc) is 3.02. The highest BCUT2D eigenvalue weighted by Crippen LogP contribution is 2.30. The first-order chi connectivity index (χ1) is 11.2. The van der Waals surface area contributed by atoms with Gasteiger partial charge in [0.05, 0.1) is 13.2 Å². The minimum Gasteiger partial charge on any atom is -0.367 e. The molecule has 23 heavy (non-hydrogen) atoms. The molecule has 3 aromatic rings. The lowest BCUT2D eigenvalue weighted by Crippen LogP contribution is -2.39. The fraction of sp³-hybridized carbons (Fsp3) is 0.312. The molecule has 3 heterocycles.